The maximum absolute atomic E-state index is 13.9. The van der Waals surface area contributed by atoms with Gasteiger partial charge < -0.3 is 5.32 Å². The largest absolute Gasteiger partial charge is 0.321 e. The molecule has 0 aliphatic heterocycles. The number of nitrogens with zero attached hydrogens (tertiary/aromatic N) is 1. The van der Waals surface area contributed by atoms with Crippen LogP contribution in [0, 0.1) is 12.7 Å². The summed E-state index contributed by atoms with van der Waals surface area (Å²) in [6.45, 7) is 1.61. The summed E-state index contributed by atoms with van der Waals surface area (Å²) in [6.07, 6.45) is 0. The molecule has 0 unspecified atom stereocenters. The smallest absolute Gasteiger partial charge is 0.273 e. The fourth-order valence-corrected chi connectivity index (χ4v) is 4.44. The minimum atomic E-state index is -4.08. The number of halogens is 1. The van der Waals surface area contributed by atoms with Crippen molar-refractivity contribution in [2.45, 2.75) is 11.8 Å². The number of amides is 1. The summed E-state index contributed by atoms with van der Waals surface area (Å²) >= 11 is 0. The van der Waals surface area contributed by atoms with Crippen LogP contribution in [0.2, 0.25) is 0 Å². The number of carbonyl (C=O) groups excluding carboxylic acids is 1. The number of hydrogen-bond donors (Lipinski definition) is 3. The van der Waals surface area contributed by atoms with E-state index in [1.807, 2.05) is 30.3 Å². The highest BCUT2D eigenvalue weighted by molar-refractivity contribution is 7.92. The fourth-order valence-electron chi connectivity index (χ4n) is 3.10. The number of para-hydroxylation sites is 1. The third-order valence-corrected chi connectivity index (χ3v) is 6.25. The molecule has 9 heteroatoms. The molecule has 0 saturated carbocycles. The molecule has 0 aliphatic carbocycles. The molecular weight excluding hydrogens is 431 g/mol. The van der Waals surface area contributed by atoms with Gasteiger partial charge in [0.2, 0.25) is 0 Å². The van der Waals surface area contributed by atoms with Crippen LogP contribution in [-0.2, 0) is 10.0 Å². The zero-order valence-corrected chi connectivity index (χ0v) is 17.8. The van der Waals surface area contributed by atoms with E-state index in [1.54, 1.807) is 25.1 Å². The summed E-state index contributed by atoms with van der Waals surface area (Å²) < 4.78 is 41.8. The van der Waals surface area contributed by atoms with Crippen molar-refractivity contribution in [1.29, 1.82) is 0 Å². The molecule has 4 rings (SSSR count). The lowest BCUT2D eigenvalue weighted by Crippen LogP contribution is -2.17. The second kappa shape index (κ2) is 8.64. The maximum atomic E-state index is 13.9. The van der Waals surface area contributed by atoms with Crippen molar-refractivity contribution in [2.75, 3.05) is 10.0 Å². The summed E-state index contributed by atoms with van der Waals surface area (Å²) in [7, 11) is -4.08. The van der Waals surface area contributed by atoms with E-state index in [4.69, 9.17) is 0 Å². The minimum Gasteiger partial charge on any atom is -0.321 e. The molecule has 1 heterocycles. The van der Waals surface area contributed by atoms with Crippen LogP contribution in [0.15, 0.2) is 83.8 Å². The van der Waals surface area contributed by atoms with Gasteiger partial charge in [0.05, 0.1) is 16.3 Å². The zero-order chi connectivity index (χ0) is 22.7. The van der Waals surface area contributed by atoms with Crippen LogP contribution in [0.5, 0.6) is 0 Å². The quantitative estimate of drug-likeness (QED) is 0.400. The van der Waals surface area contributed by atoms with Gasteiger partial charge in [-0.1, -0.05) is 48.5 Å². The van der Waals surface area contributed by atoms with Gasteiger partial charge in [-0.2, -0.15) is 5.10 Å². The Morgan fingerprint density at radius 1 is 0.969 bits per heavy atom. The Balaban J connectivity index is 1.56. The highest BCUT2D eigenvalue weighted by atomic mass is 32.2. The Morgan fingerprint density at radius 2 is 1.69 bits per heavy atom. The molecular formula is C23H19FN4O3S. The van der Waals surface area contributed by atoms with Gasteiger partial charge in [0.25, 0.3) is 15.9 Å². The Labute approximate surface area is 184 Å². The predicted molar refractivity (Wildman–Crippen MR) is 120 cm³/mol. The first-order chi connectivity index (χ1) is 15.3. The average molecular weight is 450 g/mol. The molecule has 1 amide bonds. The zero-order valence-electron chi connectivity index (χ0n) is 17.0. The second-order valence-electron chi connectivity index (χ2n) is 7.05. The highest BCUT2D eigenvalue weighted by Crippen LogP contribution is 2.25. The summed E-state index contributed by atoms with van der Waals surface area (Å²) in [5.74, 6) is -1.17. The Morgan fingerprint density at radius 3 is 2.44 bits per heavy atom. The lowest BCUT2D eigenvalue weighted by molar-refractivity contribution is 0.102. The number of aromatic amines is 1. The van der Waals surface area contributed by atoms with Crippen LogP contribution in [-0.4, -0.2) is 24.5 Å². The SMILES string of the molecule is Cc1ccc(NC(=O)c2cc(-c3ccccc3)n[nH]2)cc1S(=O)(=O)Nc1ccccc1F. The Kier molecular flexibility index (Phi) is 5.74. The van der Waals surface area contributed by atoms with Crippen LogP contribution in [0.3, 0.4) is 0 Å². The molecule has 7 nitrogen and oxygen atoms in total. The van der Waals surface area contributed by atoms with E-state index >= 15 is 0 Å². The van der Waals surface area contributed by atoms with Crippen molar-refractivity contribution in [3.8, 4) is 11.3 Å². The molecule has 0 bridgehead atoms. The van der Waals surface area contributed by atoms with E-state index in [1.165, 1.54) is 24.3 Å². The molecule has 3 N–H and O–H groups in total. The van der Waals surface area contributed by atoms with Crippen molar-refractivity contribution >= 4 is 27.3 Å². The number of benzene rings is 3. The normalized spacial score (nSPS) is 11.2. The molecule has 0 aliphatic rings. The van der Waals surface area contributed by atoms with E-state index in [-0.39, 0.29) is 22.0 Å². The van der Waals surface area contributed by atoms with Crippen molar-refractivity contribution < 1.29 is 17.6 Å². The second-order valence-corrected chi connectivity index (χ2v) is 8.70. The van der Waals surface area contributed by atoms with Crippen LogP contribution < -0.4 is 10.0 Å². The van der Waals surface area contributed by atoms with E-state index in [0.29, 0.717) is 11.3 Å². The first kappa shape index (κ1) is 21.3. The fraction of sp³-hybridized carbons (Fsp3) is 0.0435. The molecule has 32 heavy (non-hydrogen) atoms. The van der Waals surface area contributed by atoms with E-state index in [0.717, 1.165) is 11.6 Å². The first-order valence-corrected chi connectivity index (χ1v) is 11.1. The summed E-state index contributed by atoms with van der Waals surface area (Å²) in [5, 5.41) is 9.49. The monoisotopic (exact) mass is 450 g/mol. The lowest BCUT2D eigenvalue weighted by Gasteiger charge is -2.13. The van der Waals surface area contributed by atoms with Gasteiger partial charge in [-0.05, 0) is 42.8 Å². The number of rotatable bonds is 6. The molecule has 162 valence electrons. The van der Waals surface area contributed by atoms with Gasteiger partial charge in [0, 0.05) is 11.3 Å². The Bertz CT molecular complexity index is 1390. The molecule has 0 atom stereocenters. The third kappa shape index (κ3) is 4.52. The van der Waals surface area contributed by atoms with Crippen LogP contribution >= 0.6 is 0 Å². The number of hydrogen-bond acceptors (Lipinski definition) is 4. The Hall–Kier alpha value is -3.98. The van der Waals surface area contributed by atoms with E-state index in [9.17, 15) is 17.6 Å². The van der Waals surface area contributed by atoms with Crippen molar-refractivity contribution in [3.63, 3.8) is 0 Å². The van der Waals surface area contributed by atoms with Crippen LogP contribution in [0.1, 0.15) is 16.1 Å². The topological polar surface area (TPSA) is 104 Å². The van der Waals surface area contributed by atoms with Gasteiger partial charge in [-0.25, -0.2) is 12.8 Å². The summed E-state index contributed by atoms with van der Waals surface area (Å²) in [5.41, 5.74) is 2.23. The molecule has 1 aromatic heterocycles. The molecule has 4 aromatic rings. The summed E-state index contributed by atoms with van der Waals surface area (Å²) in [4.78, 5) is 12.6. The van der Waals surface area contributed by atoms with Crippen molar-refractivity contribution in [1.82, 2.24) is 10.2 Å². The molecule has 0 fully saturated rings. The van der Waals surface area contributed by atoms with Gasteiger partial charge in [0.15, 0.2) is 0 Å². The highest BCUT2D eigenvalue weighted by Gasteiger charge is 2.20. The van der Waals surface area contributed by atoms with E-state index < -0.39 is 21.7 Å². The van der Waals surface area contributed by atoms with Crippen molar-refractivity contribution in [3.05, 3.63) is 95.9 Å². The molecule has 3 aromatic carbocycles. The van der Waals surface area contributed by atoms with Gasteiger partial charge in [0.1, 0.15) is 11.5 Å². The van der Waals surface area contributed by atoms with Crippen molar-refractivity contribution in [2.24, 2.45) is 0 Å². The number of sulfonamides is 1. The minimum absolute atomic E-state index is 0.0758. The molecule has 0 radical (unpaired) electrons. The van der Waals surface area contributed by atoms with E-state index in [2.05, 4.69) is 20.2 Å². The molecule has 0 saturated heterocycles. The standard InChI is InChI=1S/C23H19FN4O3S/c1-15-11-12-17(13-22(15)32(30,31)28-19-10-6-5-9-18(19)24)25-23(29)21-14-20(26-27-21)16-7-3-2-4-8-16/h2-14,28H,1H3,(H,25,29)(H,26,27). The van der Waals surface area contributed by atoms with Gasteiger partial charge >= 0.3 is 0 Å². The van der Waals surface area contributed by atoms with Gasteiger partial charge in [-0.3, -0.25) is 14.6 Å². The van der Waals surface area contributed by atoms with Crippen LogP contribution in [0.25, 0.3) is 11.3 Å². The summed E-state index contributed by atoms with van der Waals surface area (Å²) in [6, 6.07) is 20.9. The number of H-pyrrole nitrogens is 1. The number of carbonyl (C=O) groups is 1. The average Bonchev–Trinajstić information content (AvgIpc) is 3.28. The lowest BCUT2D eigenvalue weighted by atomic mass is 10.1. The first-order valence-electron chi connectivity index (χ1n) is 9.64. The number of aryl methyl sites for hydroxylation is 1. The maximum Gasteiger partial charge on any atom is 0.273 e. The van der Waals surface area contributed by atoms with Crippen LogP contribution in [0.4, 0.5) is 15.8 Å². The predicted octanol–water partition coefficient (Wildman–Crippen LogP) is 4.58. The molecule has 0 spiro atoms. The van der Waals surface area contributed by atoms with Gasteiger partial charge in [-0.15, -0.1) is 0 Å². The number of anilines is 2. The number of aromatic nitrogens is 2. The number of nitrogens with one attached hydrogen (secondary N) is 3. The third-order valence-electron chi connectivity index (χ3n) is 4.75.